The van der Waals surface area contributed by atoms with Gasteiger partial charge in [0.25, 0.3) is 0 Å². The monoisotopic (exact) mass is 293 g/mol. The first-order valence-electron chi connectivity index (χ1n) is 7.96. The largest absolute Gasteiger partial charge is 0.396 e. The van der Waals surface area contributed by atoms with E-state index in [1.165, 1.54) is 19.3 Å². The molecule has 0 saturated heterocycles. The molecule has 0 aliphatic heterocycles. The van der Waals surface area contributed by atoms with Crippen molar-refractivity contribution in [2.45, 2.75) is 45.4 Å². The van der Waals surface area contributed by atoms with E-state index in [-0.39, 0.29) is 6.61 Å². The average Bonchev–Trinajstić information content (AvgIpc) is 2.53. The molecular formula is C15H27N5O. The third-order valence-electron chi connectivity index (χ3n) is 4.24. The van der Waals surface area contributed by atoms with Gasteiger partial charge in [-0.05, 0) is 31.1 Å². The number of aliphatic hydroxyl groups is 1. The fraction of sp³-hybridized carbons (Fsp3) is 0.733. The van der Waals surface area contributed by atoms with Crippen LogP contribution in [0, 0.1) is 11.8 Å². The summed E-state index contributed by atoms with van der Waals surface area (Å²) in [4.78, 5) is 8.87. The summed E-state index contributed by atoms with van der Waals surface area (Å²) in [6.45, 7) is 3.23. The minimum Gasteiger partial charge on any atom is -0.396 e. The summed E-state index contributed by atoms with van der Waals surface area (Å²) in [6, 6.07) is 1.83. The number of aryl methyl sites for hydroxylation is 1. The van der Waals surface area contributed by atoms with E-state index < -0.39 is 0 Å². The lowest BCUT2D eigenvalue weighted by atomic mass is 9.79. The number of hydrogen-bond donors (Lipinski definition) is 4. The van der Waals surface area contributed by atoms with Crippen LogP contribution in [0.1, 0.15) is 44.9 Å². The molecule has 118 valence electrons. The van der Waals surface area contributed by atoms with Gasteiger partial charge in [-0.3, -0.25) is 0 Å². The molecule has 1 aliphatic rings. The number of hydrogen-bond acceptors (Lipinski definition) is 6. The predicted molar refractivity (Wildman–Crippen MR) is 84.9 cm³/mol. The van der Waals surface area contributed by atoms with Gasteiger partial charge in [-0.2, -0.15) is 0 Å². The number of hydrazine groups is 1. The Morgan fingerprint density at radius 3 is 2.62 bits per heavy atom. The second-order valence-electron chi connectivity index (χ2n) is 5.82. The molecule has 0 spiro atoms. The maximum Gasteiger partial charge on any atom is 0.145 e. The summed E-state index contributed by atoms with van der Waals surface area (Å²) in [5.41, 5.74) is 2.59. The molecule has 1 aromatic rings. The first-order chi connectivity index (χ1) is 10.3. The van der Waals surface area contributed by atoms with Crippen molar-refractivity contribution in [1.82, 2.24) is 9.97 Å². The van der Waals surface area contributed by atoms with Crippen molar-refractivity contribution < 1.29 is 5.11 Å². The summed E-state index contributed by atoms with van der Waals surface area (Å²) < 4.78 is 0. The standard InChI is InChI=1S/C15H27N5O/c1-2-5-13-18-14(8-15(19-13)20-16)17-9-11-6-3-4-7-12(11)10-21/h8,11-12,21H,2-7,9-10,16H2,1H3,(H2,17,18,19,20). The number of nitrogens with zero attached hydrogens (tertiary/aromatic N) is 2. The van der Waals surface area contributed by atoms with Crippen molar-refractivity contribution in [3.63, 3.8) is 0 Å². The molecular weight excluding hydrogens is 266 g/mol. The molecule has 2 unspecified atom stereocenters. The van der Waals surface area contributed by atoms with Crippen LogP contribution in [0.25, 0.3) is 0 Å². The zero-order chi connectivity index (χ0) is 15.1. The Bertz CT molecular complexity index is 440. The van der Waals surface area contributed by atoms with Crippen molar-refractivity contribution in [2.75, 3.05) is 23.9 Å². The van der Waals surface area contributed by atoms with Crippen LogP contribution in [0.4, 0.5) is 11.6 Å². The zero-order valence-electron chi connectivity index (χ0n) is 12.8. The molecule has 1 fully saturated rings. The average molecular weight is 293 g/mol. The first kappa shape index (κ1) is 16.0. The van der Waals surface area contributed by atoms with Crippen LogP contribution < -0.4 is 16.6 Å². The molecule has 5 N–H and O–H groups in total. The lowest BCUT2D eigenvalue weighted by Gasteiger charge is -2.30. The molecule has 0 aromatic carbocycles. The van der Waals surface area contributed by atoms with E-state index in [0.29, 0.717) is 17.7 Å². The number of rotatable bonds is 7. The third-order valence-corrected chi connectivity index (χ3v) is 4.24. The Balaban J connectivity index is 1.99. The summed E-state index contributed by atoms with van der Waals surface area (Å²) in [6.07, 6.45) is 6.63. The smallest absolute Gasteiger partial charge is 0.145 e. The number of aliphatic hydroxyl groups excluding tert-OH is 1. The fourth-order valence-electron chi connectivity index (χ4n) is 3.03. The van der Waals surface area contributed by atoms with Gasteiger partial charge in [0.15, 0.2) is 0 Å². The number of nitrogen functional groups attached to an aromatic ring is 1. The summed E-state index contributed by atoms with van der Waals surface area (Å²) in [5, 5.41) is 12.9. The molecule has 21 heavy (non-hydrogen) atoms. The molecule has 0 radical (unpaired) electrons. The predicted octanol–water partition coefficient (Wildman–Crippen LogP) is 1.93. The number of nitrogens with one attached hydrogen (secondary N) is 2. The van der Waals surface area contributed by atoms with Crippen LogP contribution in [0.5, 0.6) is 0 Å². The summed E-state index contributed by atoms with van der Waals surface area (Å²) >= 11 is 0. The molecule has 6 nitrogen and oxygen atoms in total. The maximum absolute atomic E-state index is 9.47. The zero-order valence-corrected chi connectivity index (χ0v) is 12.8. The van der Waals surface area contributed by atoms with Gasteiger partial charge in [0.2, 0.25) is 0 Å². The van der Waals surface area contributed by atoms with E-state index in [4.69, 9.17) is 5.84 Å². The van der Waals surface area contributed by atoms with Crippen LogP contribution in [0.3, 0.4) is 0 Å². The Hall–Kier alpha value is -1.40. The van der Waals surface area contributed by atoms with E-state index in [1.54, 1.807) is 0 Å². The highest BCUT2D eigenvalue weighted by Gasteiger charge is 2.24. The molecule has 0 amide bonds. The number of nitrogens with two attached hydrogens (primary N) is 1. The van der Waals surface area contributed by atoms with Gasteiger partial charge in [-0.1, -0.05) is 19.8 Å². The van der Waals surface area contributed by atoms with Crippen LogP contribution in [-0.4, -0.2) is 28.2 Å². The molecule has 1 heterocycles. The van der Waals surface area contributed by atoms with Crippen molar-refractivity contribution in [1.29, 1.82) is 0 Å². The Labute approximate surface area is 126 Å². The molecule has 6 heteroatoms. The minimum absolute atomic E-state index is 0.285. The van der Waals surface area contributed by atoms with Gasteiger partial charge in [0.1, 0.15) is 17.5 Å². The van der Waals surface area contributed by atoms with Crippen molar-refractivity contribution in [2.24, 2.45) is 17.7 Å². The maximum atomic E-state index is 9.47. The second-order valence-corrected chi connectivity index (χ2v) is 5.82. The van der Waals surface area contributed by atoms with Crippen molar-refractivity contribution in [3.8, 4) is 0 Å². The van der Waals surface area contributed by atoms with Gasteiger partial charge in [-0.15, -0.1) is 0 Å². The lowest BCUT2D eigenvalue weighted by Crippen LogP contribution is -2.29. The van der Waals surface area contributed by atoms with Crippen LogP contribution in [-0.2, 0) is 6.42 Å². The molecule has 1 saturated carbocycles. The Kier molecular flexibility index (Phi) is 6.20. The number of anilines is 2. The SMILES string of the molecule is CCCc1nc(NN)cc(NCC2CCCCC2CO)n1. The van der Waals surface area contributed by atoms with Gasteiger partial charge >= 0.3 is 0 Å². The van der Waals surface area contributed by atoms with E-state index >= 15 is 0 Å². The fourth-order valence-corrected chi connectivity index (χ4v) is 3.03. The van der Waals surface area contributed by atoms with Crippen molar-refractivity contribution in [3.05, 3.63) is 11.9 Å². The molecule has 1 aromatic heterocycles. The van der Waals surface area contributed by atoms with Crippen molar-refractivity contribution >= 4 is 11.6 Å². The topological polar surface area (TPSA) is 96.1 Å². The molecule has 1 aliphatic carbocycles. The Morgan fingerprint density at radius 2 is 1.95 bits per heavy atom. The van der Waals surface area contributed by atoms with E-state index in [2.05, 4.69) is 27.6 Å². The Morgan fingerprint density at radius 1 is 1.24 bits per heavy atom. The van der Waals surface area contributed by atoms with Gasteiger partial charge < -0.3 is 15.8 Å². The molecule has 0 bridgehead atoms. The number of aromatic nitrogens is 2. The quantitative estimate of drug-likeness (QED) is 0.453. The first-order valence-corrected chi connectivity index (χ1v) is 7.96. The van der Waals surface area contributed by atoms with Gasteiger partial charge in [-0.25, -0.2) is 15.8 Å². The van der Waals surface area contributed by atoms with E-state index in [1.807, 2.05) is 6.07 Å². The molecule has 2 rings (SSSR count). The van der Waals surface area contributed by atoms with Gasteiger partial charge in [0, 0.05) is 25.6 Å². The minimum atomic E-state index is 0.285. The summed E-state index contributed by atoms with van der Waals surface area (Å²) in [7, 11) is 0. The highest BCUT2D eigenvalue weighted by atomic mass is 16.3. The van der Waals surface area contributed by atoms with E-state index in [0.717, 1.165) is 37.4 Å². The van der Waals surface area contributed by atoms with Crippen LogP contribution in [0.15, 0.2) is 6.07 Å². The van der Waals surface area contributed by atoms with Crippen LogP contribution >= 0.6 is 0 Å². The molecule has 2 atom stereocenters. The van der Waals surface area contributed by atoms with Crippen LogP contribution in [0.2, 0.25) is 0 Å². The summed E-state index contributed by atoms with van der Waals surface area (Å²) in [5.74, 6) is 8.64. The van der Waals surface area contributed by atoms with Gasteiger partial charge in [0.05, 0.1) is 0 Å². The highest BCUT2D eigenvalue weighted by Crippen LogP contribution is 2.29. The highest BCUT2D eigenvalue weighted by molar-refractivity contribution is 5.46. The third kappa shape index (κ3) is 4.54. The lowest BCUT2D eigenvalue weighted by molar-refractivity contribution is 0.141. The normalized spacial score (nSPS) is 22.0. The van der Waals surface area contributed by atoms with E-state index in [9.17, 15) is 5.11 Å². The second kappa shape index (κ2) is 8.14.